The van der Waals surface area contributed by atoms with Gasteiger partial charge in [-0.2, -0.15) is 0 Å². The number of hydrogen-bond donors (Lipinski definition) is 1. The van der Waals surface area contributed by atoms with Crippen molar-refractivity contribution in [3.8, 4) is 0 Å². The van der Waals surface area contributed by atoms with Crippen LogP contribution in [0.25, 0.3) is 0 Å². The highest BCUT2D eigenvalue weighted by molar-refractivity contribution is 5.71. The molecular weight excluding hydrogens is 1270 g/mol. The molecule has 0 aliphatic heterocycles. The molecule has 103 heavy (non-hydrogen) atoms. The molecule has 0 saturated heterocycles. The predicted molar refractivity (Wildman–Crippen MR) is 447 cm³/mol. The van der Waals surface area contributed by atoms with Crippen LogP contribution in [0, 0.1) is 0 Å². The highest BCUT2D eigenvalue weighted by Crippen LogP contribution is 2.19. The van der Waals surface area contributed by atoms with Crippen molar-refractivity contribution in [2.75, 3.05) is 47.5 Å². The normalized spacial score (nSPS) is 13.4. The van der Waals surface area contributed by atoms with Gasteiger partial charge >= 0.3 is 17.9 Å². The summed E-state index contributed by atoms with van der Waals surface area (Å²) in [5.41, 5.74) is 0. The molecule has 9 nitrogen and oxygen atoms in total. The summed E-state index contributed by atoms with van der Waals surface area (Å²) in [7, 11) is 5.97. The average molecular weight is 1430 g/mol. The smallest absolute Gasteiger partial charge is 0.361 e. The second-order valence-corrected chi connectivity index (χ2v) is 29.8. The molecule has 0 amide bonds. The highest BCUT2D eigenvalue weighted by atomic mass is 16.7. The number of carbonyl (C=O) groups is 3. The predicted octanol–water partition coefficient (Wildman–Crippen LogP) is 28.2. The number of carboxylic acid groups (broad SMARTS) is 1. The van der Waals surface area contributed by atoms with E-state index in [2.05, 4.69) is 160 Å². The van der Waals surface area contributed by atoms with Crippen LogP contribution in [0.15, 0.2) is 146 Å². The summed E-state index contributed by atoms with van der Waals surface area (Å²) in [4.78, 5) is 37.8. The van der Waals surface area contributed by atoms with Crippen molar-refractivity contribution < 1.29 is 42.9 Å². The molecule has 0 aromatic heterocycles. The number of nitrogens with zero attached hydrogens (tertiary/aromatic N) is 1. The molecule has 0 aliphatic carbocycles. The van der Waals surface area contributed by atoms with E-state index in [1.807, 2.05) is 21.1 Å². The number of carboxylic acids is 1. The second-order valence-electron chi connectivity index (χ2n) is 29.8. The van der Waals surface area contributed by atoms with Gasteiger partial charge in [-0.1, -0.05) is 404 Å². The zero-order chi connectivity index (χ0) is 74.6. The van der Waals surface area contributed by atoms with Gasteiger partial charge in [-0.3, -0.25) is 9.59 Å². The fourth-order valence-corrected chi connectivity index (χ4v) is 12.1. The first kappa shape index (κ1) is 98.2. The number of esters is 2. The Hall–Kier alpha value is -4.83. The van der Waals surface area contributed by atoms with Crippen molar-refractivity contribution in [1.29, 1.82) is 0 Å². The third-order valence-corrected chi connectivity index (χ3v) is 18.6. The summed E-state index contributed by atoms with van der Waals surface area (Å²) in [6, 6.07) is 0. The number of rotatable bonds is 79. The molecule has 0 radical (unpaired) electrons. The Labute approximate surface area is 636 Å². The van der Waals surface area contributed by atoms with Crippen molar-refractivity contribution >= 4 is 17.9 Å². The Bertz CT molecular complexity index is 2220. The van der Waals surface area contributed by atoms with Gasteiger partial charge in [0, 0.05) is 12.8 Å². The van der Waals surface area contributed by atoms with Crippen LogP contribution in [0.3, 0.4) is 0 Å². The third-order valence-electron chi connectivity index (χ3n) is 18.6. The van der Waals surface area contributed by atoms with Crippen molar-refractivity contribution in [2.24, 2.45) is 0 Å². The molecule has 0 bridgehead atoms. The van der Waals surface area contributed by atoms with E-state index in [-0.39, 0.29) is 32.2 Å². The van der Waals surface area contributed by atoms with Gasteiger partial charge in [0.05, 0.1) is 34.4 Å². The molecule has 0 aromatic carbocycles. The zero-order valence-electron chi connectivity index (χ0n) is 67.7. The Balaban J connectivity index is 4.08. The largest absolute Gasteiger partial charge is 0.477 e. The zero-order valence-corrected chi connectivity index (χ0v) is 67.7. The van der Waals surface area contributed by atoms with E-state index < -0.39 is 24.3 Å². The lowest BCUT2D eigenvalue weighted by molar-refractivity contribution is -0.870. The summed E-state index contributed by atoms with van der Waals surface area (Å²) < 4.78 is 23.0. The first-order valence-electron chi connectivity index (χ1n) is 43.0. The molecule has 0 heterocycles. The Morgan fingerprint density at radius 1 is 0.301 bits per heavy atom. The van der Waals surface area contributed by atoms with Crippen LogP contribution in [-0.4, -0.2) is 87.4 Å². The van der Waals surface area contributed by atoms with Crippen LogP contribution in [0.5, 0.6) is 0 Å². The molecule has 1 N–H and O–H groups in total. The molecule has 0 fully saturated rings. The van der Waals surface area contributed by atoms with Gasteiger partial charge in [0.15, 0.2) is 6.10 Å². The van der Waals surface area contributed by atoms with Crippen molar-refractivity contribution in [1.82, 2.24) is 0 Å². The van der Waals surface area contributed by atoms with Crippen molar-refractivity contribution in [3.63, 3.8) is 0 Å². The number of unbranched alkanes of at least 4 members (excludes halogenated alkanes) is 40. The minimum absolute atomic E-state index is 0.177. The van der Waals surface area contributed by atoms with Gasteiger partial charge in [-0.05, 0) is 103 Å². The summed E-state index contributed by atoms with van der Waals surface area (Å²) >= 11 is 0. The fraction of sp³-hybridized carbons (Fsp3) is 0.713. The monoisotopic (exact) mass is 1430 g/mol. The van der Waals surface area contributed by atoms with E-state index in [0.717, 1.165) is 122 Å². The summed E-state index contributed by atoms with van der Waals surface area (Å²) in [5, 5.41) is 9.78. The molecule has 2 atom stereocenters. The molecular formula is C94H162NO8+. The lowest BCUT2D eigenvalue weighted by Gasteiger charge is -2.25. The van der Waals surface area contributed by atoms with Crippen LogP contribution >= 0.6 is 0 Å². The van der Waals surface area contributed by atoms with Gasteiger partial charge in [-0.15, -0.1) is 0 Å². The molecule has 9 heteroatoms. The molecule has 0 aromatic rings. The topological polar surface area (TPSA) is 108 Å². The van der Waals surface area contributed by atoms with Gasteiger partial charge in [0.25, 0.3) is 6.29 Å². The maximum Gasteiger partial charge on any atom is 0.361 e. The Morgan fingerprint density at radius 3 is 0.825 bits per heavy atom. The SMILES string of the molecule is CC/C=C\C/C=C\C/C=C\C/C=C\C/C=C\C/C=C\C/C=C\C/C=C\C/C=C\C/C=C\C/C=C\C/C=C\CCCCCCC(=O)OC(COC(=O)CCCCCCCCCCCCCCCCCCCCCCCCCCCCCCCCCCCCCCC)COC(OCC[N+](C)(C)C)C(=O)O. The first-order chi connectivity index (χ1) is 50.6. The van der Waals surface area contributed by atoms with Gasteiger partial charge < -0.3 is 28.5 Å². The van der Waals surface area contributed by atoms with Crippen molar-refractivity contribution in [3.05, 3.63) is 146 Å². The average Bonchev–Trinajstić information content (AvgIpc) is 1.01. The van der Waals surface area contributed by atoms with E-state index >= 15 is 0 Å². The number of hydrogen-bond acceptors (Lipinski definition) is 7. The third kappa shape index (κ3) is 84.3. The second kappa shape index (κ2) is 82.8. The molecule has 0 spiro atoms. The molecule has 2 unspecified atom stereocenters. The lowest BCUT2D eigenvalue weighted by Crippen LogP contribution is -2.40. The van der Waals surface area contributed by atoms with Gasteiger partial charge in [0.1, 0.15) is 13.2 Å². The summed E-state index contributed by atoms with van der Waals surface area (Å²) in [6.07, 6.45) is 119. The van der Waals surface area contributed by atoms with E-state index in [1.165, 1.54) is 218 Å². The van der Waals surface area contributed by atoms with E-state index in [4.69, 9.17) is 18.9 Å². The van der Waals surface area contributed by atoms with Crippen LogP contribution in [-0.2, 0) is 33.3 Å². The maximum absolute atomic E-state index is 13.0. The van der Waals surface area contributed by atoms with Crippen LogP contribution in [0.1, 0.15) is 373 Å². The fourth-order valence-electron chi connectivity index (χ4n) is 12.1. The molecule has 590 valence electrons. The number of allylic oxidation sites excluding steroid dienone is 24. The molecule has 0 saturated carbocycles. The van der Waals surface area contributed by atoms with E-state index in [1.54, 1.807) is 0 Å². The Kier molecular flexibility index (Phi) is 78.9. The van der Waals surface area contributed by atoms with E-state index in [9.17, 15) is 19.5 Å². The van der Waals surface area contributed by atoms with Crippen LogP contribution < -0.4 is 0 Å². The summed E-state index contributed by atoms with van der Waals surface area (Å²) in [5.74, 6) is -2.03. The van der Waals surface area contributed by atoms with E-state index in [0.29, 0.717) is 23.9 Å². The van der Waals surface area contributed by atoms with Crippen LogP contribution in [0.2, 0.25) is 0 Å². The molecule has 0 aliphatic rings. The number of quaternary nitrogens is 1. The standard InChI is InChI=1S/C94H161NO8/c1-6-8-10-12-14-16-18-20-22-24-26-28-30-32-34-36-38-40-42-44-45-46-47-49-51-53-55-57-59-61-63-65-67-69-71-73-75-77-79-81-83-85-92(97)103-90(89-102-94(93(98)99)100-87-86-95(3,4)5)88-101-91(96)84-82-80-78-76-74-72-70-68-66-64-62-60-58-56-54-52-50-48-43-41-39-37-35-33-31-29-27-25-23-21-19-17-15-13-11-9-7-2/h8,10,14,16,20,22,26,28,32,34,38,40,44-45,47,49,53,55,59,61,65,67,71,73,90,94H,6-7,9,11-13,15,17-19,21,23-25,27,29-31,33,35-37,39,41-43,46,48,50-52,54,56-58,60,62-64,66,68-70,72,74-89H2,1-5H3/p+1/b10-8-,16-14-,22-20-,28-26-,34-32-,40-38-,45-44-,49-47-,55-53-,61-59-,67-65-,73-71-. The lowest BCUT2D eigenvalue weighted by atomic mass is 10.0. The van der Waals surface area contributed by atoms with Crippen molar-refractivity contribution in [2.45, 2.75) is 386 Å². The number of likely N-dealkylation sites (N-methyl/N-ethyl adjacent to an activating group) is 1. The number of carbonyl (C=O) groups excluding carboxylic acids is 2. The quantitative estimate of drug-likeness (QED) is 0.0211. The maximum atomic E-state index is 13.0. The number of ether oxygens (including phenoxy) is 4. The first-order valence-corrected chi connectivity index (χ1v) is 43.0. The van der Waals surface area contributed by atoms with Crippen LogP contribution in [0.4, 0.5) is 0 Å². The van der Waals surface area contributed by atoms with Gasteiger partial charge in [-0.25, -0.2) is 4.79 Å². The highest BCUT2D eigenvalue weighted by Gasteiger charge is 2.25. The van der Waals surface area contributed by atoms with Gasteiger partial charge in [0.2, 0.25) is 0 Å². The Morgan fingerprint density at radius 2 is 0.553 bits per heavy atom. The summed E-state index contributed by atoms with van der Waals surface area (Å²) in [6.45, 7) is 4.77. The minimum atomic E-state index is -1.53. The minimum Gasteiger partial charge on any atom is -0.477 e. The molecule has 0 rings (SSSR count). The number of aliphatic carboxylic acids is 1.